The van der Waals surface area contributed by atoms with Crippen LogP contribution in [0.15, 0.2) is 41.3 Å². The van der Waals surface area contributed by atoms with Crippen molar-refractivity contribution in [3.05, 3.63) is 47.0 Å². The van der Waals surface area contributed by atoms with E-state index in [-0.39, 0.29) is 5.91 Å². The minimum absolute atomic E-state index is 0.309. The third kappa shape index (κ3) is 3.62. The van der Waals surface area contributed by atoms with Crippen molar-refractivity contribution in [1.82, 2.24) is 0 Å². The zero-order valence-corrected chi connectivity index (χ0v) is 13.2. The Morgan fingerprint density at radius 2 is 2.05 bits per heavy atom. The third-order valence-corrected chi connectivity index (χ3v) is 3.98. The minimum Gasteiger partial charge on any atom is -0.497 e. The Morgan fingerprint density at radius 3 is 2.71 bits per heavy atom. The van der Waals surface area contributed by atoms with E-state index in [1.807, 2.05) is 12.3 Å². The van der Waals surface area contributed by atoms with Crippen molar-refractivity contribution in [1.29, 1.82) is 0 Å². The largest absolute Gasteiger partial charge is 0.497 e. The summed E-state index contributed by atoms with van der Waals surface area (Å²) in [5, 5.41) is 3.15. The first-order valence-corrected chi connectivity index (χ1v) is 7.74. The molecule has 4 nitrogen and oxygen atoms in total. The summed E-state index contributed by atoms with van der Waals surface area (Å²) in [6.45, 7) is 0. The fourth-order valence-corrected chi connectivity index (χ4v) is 2.41. The first-order chi connectivity index (χ1) is 10.0. The van der Waals surface area contributed by atoms with E-state index >= 15 is 0 Å². The van der Waals surface area contributed by atoms with Crippen molar-refractivity contribution < 1.29 is 9.53 Å². The van der Waals surface area contributed by atoms with Gasteiger partial charge in [-0.2, -0.15) is 0 Å². The molecule has 0 aromatic heterocycles. The molecule has 6 heteroatoms. The van der Waals surface area contributed by atoms with Gasteiger partial charge >= 0.3 is 0 Å². The van der Waals surface area contributed by atoms with E-state index < -0.39 is 0 Å². The van der Waals surface area contributed by atoms with Crippen molar-refractivity contribution in [2.75, 3.05) is 24.4 Å². The Morgan fingerprint density at radius 1 is 1.29 bits per heavy atom. The molecule has 0 aliphatic carbocycles. The highest BCUT2D eigenvalue weighted by Gasteiger charge is 2.13. The van der Waals surface area contributed by atoms with Crippen LogP contribution in [0.25, 0.3) is 0 Å². The van der Waals surface area contributed by atoms with Crippen molar-refractivity contribution >= 4 is 40.6 Å². The lowest BCUT2D eigenvalue weighted by Crippen LogP contribution is -2.14. The Kier molecular flexibility index (Phi) is 4.98. The maximum Gasteiger partial charge on any atom is 0.257 e. The monoisotopic (exact) mass is 322 g/mol. The van der Waals surface area contributed by atoms with Crippen molar-refractivity contribution in [2.24, 2.45) is 0 Å². The molecule has 0 heterocycles. The predicted octanol–water partition coefficient (Wildman–Crippen LogP) is 3.91. The van der Waals surface area contributed by atoms with Crippen LogP contribution in [0.4, 0.5) is 11.4 Å². The van der Waals surface area contributed by atoms with Crippen LogP contribution >= 0.6 is 23.4 Å². The molecule has 2 rings (SSSR count). The van der Waals surface area contributed by atoms with E-state index in [1.54, 1.807) is 49.2 Å². The standard InChI is InChI=1S/C15H15ClN2O2S/c1-20-9-3-6-13(17)14(7-9)18-15(19)11-8-10(21-2)4-5-12(11)16/h3-8H,17H2,1-2H3,(H,18,19). The van der Waals surface area contributed by atoms with Gasteiger partial charge in [-0.1, -0.05) is 11.6 Å². The molecule has 0 radical (unpaired) electrons. The molecule has 0 fully saturated rings. The highest BCUT2D eigenvalue weighted by Crippen LogP contribution is 2.27. The van der Waals surface area contributed by atoms with Crippen LogP contribution in [0, 0.1) is 0 Å². The SMILES string of the molecule is COc1ccc(N)c(NC(=O)c2cc(SC)ccc2Cl)c1. The van der Waals surface area contributed by atoms with E-state index in [4.69, 9.17) is 22.1 Å². The number of nitrogen functional groups attached to an aromatic ring is 1. The number of methoxy groups -OCH3 is 1. The fraction of sp³-hybridized carbons (Fsp3) is 0.133. The molecule has 0 spiro atoms. The topological polar surface area (TPSA) is 64.3 Å². The highest BCUT2D eigenvalue weighted by atomic mass is 35.5. The molecular weight excluding hydrogens is 308 g/mol. The second-order valence-corrected chi connectivity index (χ2v) is 5.54. The molecule has 2 aromatic rings. The molecule has 0 atom stereocenters. The van der Waals surface area contributed by atoms with Crippen LogP contribution in [-0.4, -0.2) is 19.3 Å². The summed E-state index contributed by atoms with van der Waals surface area (Å²) in [6.07, 6.45) is 1.94. The average molecular weight is 323 g/mol. The molecule has 0 aliphatic rings. The molecule has 0 saturated carbocycles. The second-order valence-electron chi connectivity index (χ2n) is 4.25. The van der Waals surface area contributed by atoms with Crippen LogP contribution in [0.2, 0.25) is 5.02 Å². The summed E-state index contributed by atoms with van der Waals surface area (Å²) in [4.78, 5) is 13.3. The van der Waals surface area contributed by atoms with Gasteiger partial charge in [0, 0.05) is 11.0 Å². The van der Waals surface area contributed by atoms with Crippen LogP contribution in [0.5, 0.6) is 5.75 Å². The number of rotatable bonds is 4. The van der Waals surface area contributed by atoms with Gasteiger partial charge in [0.2, 0.25) is 0 Å². The number of hydrogen-bond acceptors (Lipinski definition) is 4. The van der Waals surface area contributed by atoms with Gasteiger partial charge in [-0.15, -0.1) is 11.8 Å². The van der Waals surface area contributed by atoms with E-state index in [0.717, 1.165) is 4.90 Å². The first kappa shape index (κ1) is 15.5. The number of hydrogen-bond donors (Lipinski definition) is 2. The van der Waals surface area contributed by atoms with Crippen LogP contribution in [-0.2, 0) is 0 Å². The van der Waals surface area contributed by atoms with E-state index in [2.05, 4.69) is 5.32 Å². The maximum absolute atomic E-state index is 12.4. The number of anilines is 2. The number of carbonyl (C=O) groups excluding carboxylic acids is 1. The molecule has 1 amide bonds. The van der Waals surface area contributed by atoms with Gasteiger partial charge in [-0.25, -0.2) is 0 Å². The number of thioether (sulfide) groups is 1. The number of halogens is 1. The Balaban J connectivity index is 2.29. The summed E-state index contributed by atoms with van der Waals surface area (Å²) in [7, 11) is 1.55. The quantitative estimate of drug-likeness (QED) is 0.662. The predicted molar refractivity (Wildman–Crippen MR) is 88.6 cm³/mol. The maximum atomic E-state index is 12.4. The average Bonchev–Trinajstić information content (AvgIpc) is 2.49. The number of carbonyl (C=O) groups is 1. The lowest BCUT2D eigenvalue weighted by molar-refractivity contribution is 0.102. The van der Waals surface area contributed by atoms with Gasteiger partial charge in [0.25, 0.3) is 5.91 Å². The molecule has 0 aliphatic heterocycles. The molecule has 110 valence electrons. The summed E-state index contributed by atoms with van der Waals surface area (Å²) in [6, 6.07) is 10.4. The van der Waals surface area contributed by atoms with Crippen molar-refractivity contribution in [3.8, 4) is 5.75 Å². The van der Waals surface area contributed by atoms with E-state index in [0.29, 0.717) is 27.7 Å². The first-order valence-electron chi connectivity index (χ1n) is 6.13. The van der Waals surface area contributed by atoms with Gasteiger partial charge in [0.1, 0.15) is 5.75 Å². The second kappa shape index (κ2) is 6.74. The van der Waals surface area contributed by atoms with Gasteiger partial charge < -0.3 is 15.8 Å². The van der Waals surface area contributed by atoms with Gasteiger partial charge in [0.15, 0.2) is 0 Å². The summed E-state index contributed by atoms with van der Waals surface area (Å²) >= 11 is 7.63. The summed E-state index contributed by atoms with van der Waals surface area (Å²) < 4.78 is 5.12. The zero-order valence-electron chi connectivity index (χ0n) is 11.6. The molecule has 3 N–H and O–H groups in total. The minimum atomic E-state index is -0.309. The van der Waals surface area contributed by atoms with Gasteiger partial charge in [-0.05, 0) is 36.6 Å². The Labute approximate surface area is 132 Å². The Hall–Kier alpha value is -1.85. The zero-order chi connectivity index (χ0) is 15.4. The third-order valence-electron chi connectivity index (χ3n) is 2.93. The van der Waals surface area contributed by atoms with Crippen molar-refractivity contribution in [3.63, 3.8) is 0 Å². The number of nitrogens with two attached hydrogens (primary N) is 1. The molecule has 0 saturated heterocycles. The number of amides is 1. The Bertz CT molecular complexity index is 677. The molecular formula is C15H15ClN2O2S. The lowest BCUT2D eigenvalue weighted by Gasteiger charge is -2.11. The number of ether oxygens (including phenoxy) is 1. The van der Waals surface area contributed by atoms with Crippen LogP contribution in [0.1, 0.15) is 10.4 Å². The molecule has 0 bridgehead atoms. The van der Waals surface area contributed by atoms with Crippen LogP contribution in [0.3, 0.4) is 0 Å². The smallest absolute Gasteiger partial charge is 0.257 e. The van der Waals surface area contributed by atoms with Crippen molar-refractivity contribution in [2.45, 2.75) is 4.90 Å². The van der Waals surface area contributed by atoms with E-state index in [9.17, 15) is 4.79 Å². The normalized spacial score (nSPS) is 10.2. The lowest BCUT2D eigenvalue weighted by atomic mass is 10.2. The number of benzene rings is 2. The fourth-order valence-electron chi connectivity index (χ4n) is 1.77. The van der Waals surface area contributed by atoms with Crippen LogP contribution < -0.4 is 15.8 Å². The van der Waals surface area contributed by atoms with Gasteiger partial charge in [-0.3, -0.25) is 4.79 Å². The van der Waals surface area contributed by atoms with Gasteiger partial charge in [0.05, 0.1) is 29.1 Å². The molecule has 2 aromatic carbocycles. The summed E-state index contributed by atoms with van der Waals surface area (Å²) in [5.74, 6) is 0.305. The molecule has 0 unspecified atom stereocenters. The highest BCUT2D eigenvalue weighted by molar-refractivity contribution is 7.98. The molecule has 21 heavy (non-hydrogen) atoms. The summed E-state index contributed by atoms with van der Waals surface area (Å²) in [5.41, 5.74) is 7.22. The van der Waals surface area contributed by atoms with E-state index in [1.165, 1.54) is 0 Å². The number of nitrogens with one attached hydrogen (secondary N) is 1.